The molecule has 1 aromatic heterocycles. The summed E-state index contributed by atoms with van der Waals surface area (Å²) in [5.41, 5.74) is 3.43. The number of aromatic nitrogens is 1. The molecule has 0 atom stereocenters. The molecule has 4 rings (SSSR count). The quantitative estimate of drug-likeness (QED) is 0.593. The molecule has 2 aromatic carbocycles. The molecular formula is C25H23ClN2O2. The van der Waals surface area contributed by atoms with Gasteiger partial charge in [-0.3, -0.25) is 4.90 Å². The Bertz CT molecular complexity index is 1050. The number of hydrogen-bond donors (Lipinski definition) is 1. The van der Waals surface area contributed by atoms with E-state index in [4.69, 9.17) is 16.3 Å². The van der Waals surface area contributed by atoms with Gasteiger partial charge in [0.15, 0.2) is 11.5 Å². The molecule has 0 radical (unpaired) electrons. The molecule has 4 nitrogen and oxygen atoms in total. The van der Waals surface area contributed by atoms with Crippen molar-refractivity contribution in [1.29, 1.82) is 0 Å². The lowest BCUT2D eigenvalue weighted by Crippen LogP contribution is -2.25. The van der Waals surface area contributed by atoms with Crippen LogP contribution in [0, 0.1) is 11.8 Å². The van der Waals surface area contributed by atoms with E-state index in [-0.39, 0.29) is 5.75 Å². The van der Waals surface area contributed by atoms with Crippen LogP contribution in [0.15, 0.2) is 60.8 Å². The Labute approximate surface area is 182 Å². The number of pyridine rings is 1. The number of likely N-dealkylation sites (tertiary alicyclic amines) is 1. The fraction of sp³-hybridized carbons (Fsp3) is 0.240. The number of nitrogens with zero attached hydrogens (tertiary/aromatic N) is 2. The van der Waals surface area contributed by atoms with Gasteiger partial charge >= 0.3 is 0 Å². The minimum atomic E-state index is 0.106. The molecule has 2 heterocycles. The van der Waals surface area contributed by atoms with Gasteiger partial charge in [-0.25, -0.2) is 4.98 Å². The molecule has 152 valence electrons. The summed E-state index contributed by atoms with van der Waals surface area (Å²) < 4.78 is 5.72. The van der Waals surface area contributed by atoms with E-state index in [0.29, 0.717) is 28.6 Å². The number of aromatic hydroxyl groups is 1. The maximum absolute atomic E-state index is 10.2. The van der Waals surface area contributed by atoms with Crippen LogP contribution >= 0.6 is 11.6 Å². The summed E-state index contributed by atoms with van der Waals surface area (Å²) in [6.07, 6.45) is 4.32. The Hall–Kier alpha value is -3.00. The molecule has 3 aromatic rings. The average Bonchev–Trinajstić information content (AvgIpc) is 3.28. The van der Waals surface area contributed by atoms with Gasteiger partial charge in [0.1, 0.15) is 12.3 Å². The predicted molar refractivity (Wildman–Crippen MR) is 120 cm³/mol. The summed E-state index contributed by atoms with van der Waals surface area (Å²) in [5.74, 6) is 6.67. The van der Waals surface area contributed by atoms with Crippen molar-refractivity contribution in [3.63, 3.8) is 0 Å². The van der Waals surface area contributed by atoms with Crippen molar-refractivity contribution in [2.45, 2.75) is 12.8 Å². The molecule has 0 saturated carbocycles. The predicted octanol–water partition coefficient (Wildman–Crippen LogP) is 4.98. The Morgan fingerprint density at radius 2 is 1.73 bits per heavy atom. The van der Waals surface area contributed by atoms with Gasteiger partial charge in [-0.15, -0.1) is 0 Å². The number of halogens is 1. The third-order valence-electron chi connectivity index (χ3n) is 5.10. The maximum atomic E-state index is 10.2. The normalized spacial score (nSPS) is 13.6. The van der Waals surface area contributed by atoms with Crippen LogP contribution in [0.3, 0.4) is 0 Å². The van der Waals surface area contributed by atoms with Gasteiger partial charge in [-0.1, -0.05) is 35.7 Å². The van der Waals surface area contributed by atoms with Crippen LogP contribution in [0.2, 0.25) is 5.02 Å². The van der Waals surface area contributed by atoms with E-state index >= 15 is 0 Å². The van der Waals surface area contributed by atoms with Crippen LogP contribution in [-0.2, 0) is 0 Å². The van der Waals surface area contributed by atoms with Gasteiger partial charge in [0, 0.05) is 28.9 Å². The first-order valence-corrected chi connectivity index (χ1v) is 10.5. The van der Waals surface area contributed by atoms with Crippen molar-refractivity contribution in [3.05, 3.63) is 77.1 Å². The fourth-order valence-corrected chi connectivity index (χ4v) is 3.55. The average molecular weight is 419 g/mol. The third-order valence-corrected chi connectivity index (χ3v) is 5.35. The molecular weight excluding hydrogens is 396 g/mol. The second kappa shape index (κ2) is 9.67. The lowest BCUT2D eigenvalue weighted by atomic mass is 10.1. The minimum absolute atomic E-state index is 0.106. The number of benzene rings is 2. The standard InChI is InChI=1S/C25H23ClN2O2/c26-22-8-5-20(6-9-22)21-7-11-23(27-18-21)10-3-19-4-12-25(24(29)17-19)30-16-15-28-13-1-2-14-28/h4-9,11-12,17-18,29H,1-2,13-16H2. The Morgan fingerprint density at radius 1 is 0.967 bits per heavy atom. The number of ether oxygens (including phenoxy) is 1. The summed E-state index contributed by atoms with van der Waals surface area (Å²) >= 11 is 5.93. The van der Waals surface area contributed by atoms with Crippen molar-refractivity contribution in [3.8, 4) is 34.5 Å². The first-order valence-electron chi connectivity index (χ1n) is 10.1. The highest BCUT2D eigenvalue weighted by molar-refractivity contribution is 6.30. The number of phenolic OH excluding ortho intramolecular Hbond substituents is 1. The highest BCUT2D eigenvalue weighted by atomic mass is 35.5. The monoisotopic (exact) mass is 418 g/mol. The number of rotatable bonds is 5. The van der Waals surface area contributed by atoms with Crippen LogP contribution in [0.1, 0.15) is 24.1 Å². The largest absolute Gasteiger partial charge is 0.504 e. The summed E-state index contributed by atoms with van der Waals surface area (Å²) in [6.45, 7) is 3.73. The maximum Gasteiger partial charge on any atom is 0.161 e. The van der Waals surface area contributed by atoms with Crippen molar-refractivity contribution >= 4 is 11.6 Å². The number of hydrogen-bond acceptors (Lipinski definition) is 4. The van der Waals surface area contributed by atoms with E-state index < -0.39 is 0 Å². The molecule has 1 fully saturated rings. The van der Waals surface area contributed by atoms with Crippen LogP contribution in [0.4, 0.5) is 0 Å². The van der Waals surface area contributed by atoms with Gasteiger partial charge in [-0.05, 0) is 73.8 Å². The van der Waals surface area contributed by atoms with E-state index in [1.807, 2.05) is 42.5 Å². The van der Waals surface area contributed by atoms with Crippen molar-refractivity contribution in [2.24, 2.45) is 0 Å². The Morgan fingerprint density at radius 3 is 2.43 bits per heavy atom. The highest BCUT2D eigenvalue weighted by Gasteiger charge is 2.11. The molecule has 1 aliphatic rings. The van der Waals surface area contributed by atoms with E-state index in [1.54, 1.807) is 18.3 Å². The first-order chi connectivity index (χ1) is 14.7. The smallest absolute Gasteiger partial charge is 0.161 e. The van der Waals surface area contributed by atoms with Crippen molar-refractivity contribution in [1.82, 2.24) is 9.88 Å². The Kier molecular flexibility index (Phi) is 6.53. The van der Waals surface area contributed by atoms with E-state index in [1.165, 1.54) is 12.8 Å². The molecule has 0 aliphatic carbocycles. The van der Waals surface area contributed by atoms with E-state index in [2.05, 4.69) is 21.7 Å². The Balaban J connectivity index is 1.37. The van der Waals surface area contributed by atoms with E-state index in [0.717, 1.165) is 30.8 Å². The second-order valence-corrected chi connectivity index (χ2v) is 7.71. The molecule has 0 unspecified atom stereocenters. The second-order valence-electron chi connectivity index (χ2n) is 7.27. The highest BCUT2D eigenvalue weighted by Crippen LogP contribution is 2.26. The van der Waals surface area contributed by atoms with Crippen LogP contribution in [-0.4, -0.2) is 41.2 Å². The van der Waals surface area contributed by atoms with Gasteiger partial charge in [0.2, 0.25) is 0 Å². The lowest BCUT2D eigenvalue weighted by Gasteiger charge is -2.15. The zero-order valence-electron chi connectivity index (χ0n) is 16.6. The van der Waals surface area contributed by atoms with Gasteiger partial charge in [0.25, 0.3) is 0 Å². The fourth-order valence-electron chi connectivity index (χ4n) is 3.43. The van der Waals surface area contributed by atoms with Crippen LogP contribution < -0.4 is 4.74 Å². The summed E-state index contributed by atoms with van der Waals surface area (Å²) in [6, 6.07) is 16.7. The molecule has 0 amide bonds. The first kappa shape index (κ1) is 20.3. The molecule has 0 spiro atoms. The van der Waals surface area contributed by atoms with Gasteiger partial charge in [0.05, 0.1) is 0 Å². The topological polar surface area (TPSA) is 45.6 Å². The van der Waals surface area contributed by atoms with Gasteiger partial charge in [-0.2, -0.15) is 0 Å². The van der Waals surface area contributed by atoms with Crippen LogP contribution in [0.5, 0.6) is 11.5 Å². The zero-order valence-corrected chi connectivity index (χ0v) is 17.4. The summed E-state index contributed by atoms with van der Waals surface area (Å²) in [5, 5.41) is 10.9. The summed E-state index contributed by atoms with van der Waals surface area (Å²) in [7, 11) is 0. The molecule has 5 heteroatoms. The molecule has 1 aliphatic heterocycles. The van der Waals surface area contributed by atoms with Crippen molar-refractivity contribution < 1.29 is 9.84 Å². The SMILES string of the molecule is Oc1cc(C#Cc2ccc(-c3ccc(Cl)cc3)cn2)ccc1OCCN1CCCC1. The third kappa shape index (κ3) is 5.33. The van der Waals surface area contributed by atoms with E-state index in [9.17, 15) is 5.11 Å². The van der Waals surface area contributed by atoms with Crippen molar-refractivity contribution in [2.75, 3.05) is 26.2 Å². The summed E-state index contributed by atoms with van der Waals surface area (Å²) in [4.78, 5) is 6.79. The van der Waals surface area contributed by atoms with Gasteiger partial charge < -0.3 is 9.84 Å². The zero-order chi connectivity index (χ0) is 20.8. The lowest BCUT2D eigenvalue weighted by molar-refractivity contribution is 0.231. The minimum Gasteiger partial charge on any atom is -0.504 e. The molecule has 1 N–H and O–H groups in total. The number of phenols is 1. The molecule has 30 heavy (non-hydrogen) atoms. The molecule has 1 saturated heterocycles. The van der Waals surface area contributed by atoms with Crippen LogP contribution in [0.25, 0.3) is 11.1 Å². The molecule has 0 bridgehead atoms.